The zero-order valence-corrected chi connectivity index (χ0v) is 8.94. The van der Waals surface area contributed by atoms with E-state index in [9.17, 15) is 0 Å². The summed E-state index contributed by atoms with van der Waals surface area (Å²) in [6.45, 7) is 5.98. The van der Waals surface area contributed by atoms with E-state index in [4.69, 9.17) is 4.74 Å². The van der Waals surface area contributed by atoms with Gasteiger partial charge >= 0.3 is 0 Å². The Kier molecular flexibility index (Phi) is 2.91. The van der Waals surface area contributed by atoms with Crippen LogP contribution in [0.25, 0.3) is 10.8 Å². The molecule has 0 aliphatic rings. The van der Waals surface area contributed by atoms with Crippen molar-refractivity contribution in [1.29, 1.82) is 0 Å². The first-order valence-electron chi connectivity index (χ1n) is 5.28. The average Bonchev–Trinajstić information content (AvgIpc) is 2.29. The van der Waals surface area contributed by atoms with E-state index >= 15 is 0 Å². The summed E-state index contributed by atoms with van der Waals surface area (Å²) in [6.07, 6.45) is 0.957. The normalized spacial score (nSPS) is 12.7. The van der Waals surface area contributed by atoms with E-state index in [0.717, 1.165) is 12.2 Å². The molecule has 15 heavy (non-hydrogen) atoms. The van der Waals surface area contributed by atoms with Crippen molar-refractivity contribution in [2.45, 2.75) is 19.4 Å². The lowest BCUT2D eigenvalue weighted by atomic mass is 10.1. The second-order valence-corrected chi connectivity index (χ2v) is 3.66. The van der Waals surface area contributed by atoms with E-state index in [-0.39, 0.29) is 6.10 Å². The smallest absolute Gasteiger partial charge is 0.120 e. The maximum atomic E-state index is 5.66. The molecular formula is C14H15O. The monoisotopic (exact) mass is 199 g/mol. The van der Waals surface area contributed by atoms with Gasteiger partial charge in [0.2, 0.25) is 0 Å². The van der Waals surface area contributed by atoms with Gasteiger partial charge in [0.15, 0.2) is 0 Å². The molecular weight excluding hydrogens is 184 g/mol. The highest BCUT2D eigenvalue weighted by molar-refractivity contribution is 5.83. The maximum absolute atomic E-state index is 5.66. The van der Waals surface area contributed by atoms with E-state index in [1.807, 2.05) is 18.2 Å². The van der Waals surface area contributed by atoms with Gasteiger partial charge in [-0.15, -0.1) is 0 Å². The Bertz CT molecular complexity index is 448. The van der Waals surface area contributed by atoms with Gasteiger partial charge in [0.1, 0.15) is 5.75 Å². The molecule has 1 atom stereocenters. The summed E-state index contributed by atoms with van der Waals surface area (Å²) in [5.74, 6) is 0.899. The van der Waals surface area contributed by atoms with E-state index in [1.54, 1.807) is 0 Å². The van der Waals surface area contributed by atoms with Gasteiger partial charge in [-0.3, -0.25) is 0 Å². The molecule has 2 aromatic carbocycles. The summed E-state index contributed by atoms with van der Waals surface area (Å²) < 4.78 is 5.66. The van der Waals surface area contributed by atoms with Gasteiger partial charge in [-0.2, -0.15) is 0 Å². The molecule has 0 fully saturated rings. The quantitative estimate of drug-likeness (QED) is 0.730. The topological polar surface area (TPSA) is 9.23 Å². The molecule has 0 N–H and O–H groups in total. The number of hydrogen-bond donors (Lipinski definition) is 0. The lowest BCUT2D eigenvalue weighted by Gasteiger charge is -2.12. The first-order chi connectivity index (χ1) is 7.29. The molecule has 77 valence electrons. The Hall–Kier alpha value is -1.50. The van der Waals surface area contributed by atoms with Crippen molar-refractivity contribution < 1.29 is 4.74 Å². The summed E-state index contributed by atoms with van der Waals surface area (Å²) in [5, 5.41) is 2.44. The van der Waals surface area contributed by atoms with Gasteiger partial charge < -0.3 is 4.74 Å². The summed E-state index contributed by atoms with van der Waals surface area (Å²) >= 11 is 0. The van der Waals surface area contributed by atoms with E-state index < -0.39 is 0 Å². The highest BCUT2D eigenvalue weighted by atomic mass is 16.5. The maximum Gasteiger partial charge on any atom is 0.120 e. The molecule has 0 saturated carbocycles. The Morgan fingerprint density at radius 2 is 1.87 bits per heavy atom. The van der Waals surface area contributed by atoms with Crippen molar-refractivity contribution in [3.63, 3.8) is 0 Å². The summed E-state index contributed by atoms with van der Waals surface area (Å²) in [7, 11) is 0. The number of benzene rings is 2. The minimum atomic E-state index is 0.0335. The minimum absolute atomic E-state index is 0.0335. The van der Waals surface area contributed by atoms with Crippen LogP contribution in [-0.4, -0.2) is 6.10 Å². The molecule has 1 radical (unpaired) electrons. The Morgan fingerprint density at radius 3 is 2.60 bits per heavy atom. The van der Waals surface area contributed by atoms with Crippen LogP contribution in [0.5, 0.6) is 5.75 Å². The molecule has 1 heteroatoms. The summed E-state index contributed by atoms with van der Waals surface area (Å²) in [5.41, 5.74) is 0. The average molecular weight is 199 g/mol. The molecule has 2 rings (SSSR count). The number of fused-ring (bicyclic) bond motifs is 1. The van der Waals surface area contributed by atoms with Crippen LogP contribution in [0.4, 0.5) is 0 Å². The molecule has 2 aromatic rings. The zero-order valence-electron chi connectivity index (χ0n) is 8.94. The van der Waals surface area contributed by atoms with Gasteiger partial charge in [-0.25, -0.2) is 0 Å². The molecule has 1 nitrogen and oxygen atoms in total. The molecule has 0 heterocycles. The number of rotatable bonds is 3. The third kappa shape index (κ3) is 2.30. The molecule has 0 saturated heterocycles. The fourth-order valence-electron chi connectivity index (χ4n) is 1.52. The van der Waals surface area contributed by atoms with Crippen molar-refractivity contribution in [3.8, 4) is 5.75 Å². The van der Waals surface area contributed by atoms with Crippen LogP contribution in [0, 0.1) is 6.92 Å². The van der Waals surface area contributed by atoms with Crippen LogP contribution in [0.15, 0.2) is 42.5 Å². The van der Waals surface area contributed by atoms with Crippen molar-refractivity contribution in [2.75, 3.05) is 0 Å². The van der Waals surface area contributed by atoms with Gasteiger partial charge in [0.25, 0.3) is 0 Å². The highest BCUT2D eigenvalue weighted by Gasteiger charge is 2.01. The predicted molar refractivity (Wildman–Crippen MR) is 64.0 cm³/mol. The van der Waals surface area contributed by atoms with Crippen molar-refractivity contribution >= 4 is 10.8 Å². The molecule has 0 amide bonds. The van der Waals surface area contributed by atoms with Crippen LogP contribution in [0.1, 0.15) is 13.3 Å². The zero-order chi connectivity index (χ0) is 10.7. The molecule has 0 aliphatic heterocycles. The van der Waals surface area contributed by atoms with Crippen molar-refractivity contribution in [1.82, 2.24) is 0 Å². The standard InChI is InChI=1S/C14H15O/c1-3-11(2)15-14-9-8-12-6-4-5-7-13(12)10-14/h4-11H,2-3H2,1H3. The molecule has 0 bridgehead atoms. The van der Waals surface area contributed by atoms with Crippen LogP contribution >= 0.6 is 0 Å². The number of hydrogen-bond acceptors (Lipinski definition) is 1. The largest absolute Gasteiger partial charge is 0.490 e. The first-order valence-corrected chi connectivity index (χ1v) is 5.28. The molecule has 0 spiro atoms. The Balaban J connectivity index is 2.30. The molecule has 1 unspecified atom stereocenters. The Labute approximate surface area is 90.7 Å². The fourth-order valence-corrected chi connectivity index (χ4v) is 1.52. The highest BCUT2D eigenvalue weighted by Crippen LogP contribution is 2.21. The van der Waals surface area contributed by atoms with Gasteiger partial charge in [-0.05, 0) is 36.2 Å². The van der Waals surface area contributed by atoms with Crippen LogP contribution in [-0.2, 0) is 0 Å². The lowest BCUT2D eigenvalue weighted by molar-refractivity contribution is 0.243. The van der Waals surface area contributed by atoms with E-state index in [1.165, 1.54) is 10.8 Å². The van der Waals surface area contributed by atoms with E-state index in [2.05, 4.69) is 38.1 Å². The van der Waals surface area contributed by atoms with Crippen LogP contribution < -0.4 is 4.74 Å². The Morgan fingerprint density at radius 1 is 1.13 bits per heavy atom. The minimum Gasteiger partial charge on any atom is -0.490 e. The van der Waals surface area contributed by atoms with Crippen molar-refractivity contribution in [2.24, 2.45) is 0 Å². The summed E-state index contributed by atoms with van der Waals surface area (Å²) in [6, 6.07) is 14.4. The van der Waals surface area contributed by atoms with Gasteiger partial charge in [0.05, 0.1) is 6.10 Å². The van der Waals surface area contributed by atoms with Gasteiger partial charge in [-0.1, -0.05) is 37.3 Å². The molecule has 0 aromatic heterocycles. The fraction of sp³-hybridized carbons (Fsp3) is 0.214. The second-order valence-electron chi connectivity index (χ2n) is 3.66. The van der Waals surface area contributed by atoms with Crippen LogP contribution in [0.2, 0.25) is 0 Å². The first kappa shape index (κ1) is 10.0. The number of ether oxygens (including phenoxy) is 1. The van der Waals surface area contributed by atoms with Gasteiger partial charge in [0, 0.05) is 0 Å². The SMILES string of the molecule is [CH2]C(CC)Oc1ccc2ccccc2c1. The van der Waals surface area contributed by atoms with Crippen LogP contribution in [0.3, 0.4) is 0 Å². The lowest BCUT2D eigenvalue weighted by Crippen LogP contribution is -2.09. The van der Waals surface area contributed by atoms with Crippen molar-refractivity contribution in [3.05, 3.63) is 49.4 Å². The second kappa shape index (κ2) is 4.35. The predicted octanol–water partition coefficient (Wildman–Crippen LogP) is 3.83. The molecule has 0 aliphatic carbocycles. The van der Waals surface area contributed by atoms with E-state index in [0.29, 0.717) is 0 Å². The third-order valence-electron chi connectivity index (χ3n) is 2.48. The summed E-state index contributed by atoms with van der Waals surface area (Å²) in [4.78, 5) is 0. The third-order valence-corrected chi connectivity index (χ3v) is 2.48.